The molecule has 0 saturated heterocycles. The Kier molecular flexibility index (Phi) is 6.42. The van der Waals surface area contributed by atoms with Gasteiger partial charge in [0.1, 0.15) is 0 Å². The van der Waals surface area contributed by atoms with Crippen molar-refractivity contribution in [3.05, 3.63) is 0 Å². The van der Waals surface area contributed by atoms with Crippen LogP contribution >= 0.6 is 0 Å². The number of carbonyl (C=O) groups is 1. The molecule has 1 fully saturated rings. The second-order valence-electron chi connectivity index (χ2n) is 4.51. The molecule has 4 nitrogen and oxygen atoms in total. The molecule has 1 saturated carbocycles. The molecule has 1 aliphatic rings. The number of amides is 1. The van der Waals surface area contributed by atoms with E-state index in [1.807, 2.05) is 0 Å². The van der Waals surface area contributed by atoms with Gasteiger partial charge in [-0.05, 0) is 38.0 Å². The quantitative estimate of drug-likeness (QED) is 0.666. The lowest BCUT2D eigenvalue weighted by Crippen LogP contribution is -2.35. The van der Waals surface area contributed by atoms with Gasteiger partial charge in [-0.3, -0.25) is 4.79 Å². The van der Waals surface area contributed by atoms with Crippen LogP contribution in [0.15, 0.2) is 0 Å². The highest BCUT2D eigenvalue weighted by molar-refractivity contribution is 5.78. The molecule has 1 rings (SSSR count). The molecule has 0 spiro atoms. The average molecular weight is 229 g/mol. The van der Waals surface area contributed by atoms with E-state index >= 15 is 0 Å². The molecule has 0 radical (unpaired) electrons. The van der Waals surface area contributed by atoms with Gasteiger partial charge in [-0.2, -0.15) is 0 Å². The molecule has 4 heteroatoms. The van der Waals surface area contributed by atoms with E-state index in [9.17, 15) is 4.79 Å². The van der Waals surface area contributed by atoms with E-state index in [0.29, 0.717) is 19.1 Å². The number of nitrogens with one attached hydrogen (secondary N) is 1. The highest BCUT2D eigenvalue weighted by Gasteiger charge is 2.25. The molecule has 0 aromatic heterocycles. The van der Waals surface area contributed by atoms with E-state index in [1.54, 1.807) is 7.11 Å². The number of aliphatic hydroxyl groups is 1. The minimum absolute atomic E-state index is 0.166. The van der Waals surface area contributed by atoms with Crippen molar-refractivity contribution in [2.45, 2.75) is 32.1 Å². The van der Waals surface area contributed by atoms with Gasteiger partial charge in [0.25, 0.3) is 0 Å². The van der Waals surface area contributed by atoms with E-state index in [1.165, 1.54) is 0 Å². The number of hydrogen-bond acceptors (Lipinski definition) is 3. The summed E-state index contributed by atoms with van der Waals surface area (Å²) >= 11 is 0. The van der Waals surface area contributed by atoms with Crippen LogP contribution in [0.1, 0.15) is 32.1 Å². The first-order chi connectivity index (χ1) is 7.77. The standard InChI is InChI=1S/C12H23NO3/c1-16-9-7-13-12(15)11-4-2-10(3-5-11)6-8-14/h10-11,14H,2-9H2,1H3,(H,13,15). The fourth-order valence-electron chi connectivity index (χ4n) is 2.32. The Balaban J connectivity index is 2.17. The fourth-order valence-corrected chi connectivity index (χ4v) is 2.32. The van der Waals surface area contributed by atoms with Gasteiger partial charge in [-0.1, -0.05) is 0 Å². The predicted molar refractivity (Wildman–Crippen MR) is 62.0 cm³/mol. The first kappa shape index (κ1) is 13.5. The van der Waals surface area contributed by atoms with Crippen LogP contribution in [0, 0.1) is 11.8 Å². The van der Waals surface area contributed by atoms with E-state index in [0.717, 1.165) is 32.1 Å². The number of ether oxygens (including phenoxy) is 1. The normalized spacial score (nSPS) is 25.4. The molecule has 0 aromatic rings. The van der Waals surface area contributed by atoms with Crippen molar-refractivity contribution in [2.75, 3.05) is 26.9 Å². The molecule has 0 bridgehead atoms. The first-order valence-electron chi connectivity index (χ1n) is 6.15. The molecule has 0 atom stereocenters. The molecule has 0 heterocycles. The molecular formula is C12H23NO3. The Morgan fingerprint density at radius 3 is 2.62 bits per heavy atom. The third-order valence-corrected chi connectivity index (χ3v) is 3.36. The molecule has 0 unspecified atom stereocenters. The average Bonchev–Trinajstić information content (AvgIpc) is 2.30. The van der Waals surface area contributed by atoms with Crippen molar-refractivity contribution in [1.82, 2.24) is 5.32 Å². The largest absolute Gasteiger partial charge is 0.396 e. The van der Waals surface area contributed by atoms with Gasteiger partial charge in [0.15, 0.2) is 0 Å². The van der Waals surface area contributed by atoms with Crippen molar-refractivity contribution in [2.24, 2.45) is 11.8 Å². The highest BCUT2D eigenvalue weighted by atomic mass is 16.5. The zero-order chi connectivity index (χ0) is 11.8. The molecule has 16 heavy (non-hydrogen) atoms. The van der Waals surface area contributed by atoms with Crippen LogP contribution in [-0.4, -0.2) is 37.9 Å². The number of carbonyl (C=O) groups excluding carboxylic acids is 1. The summed E-state index contributed by atoms with van der Waals surface area (Å²) < 4.78 is 4.89. The Bertz CT molecular complexity index is 200. The SMILES string of the molecule is COCCNC(=O)C1CCC(CCO)CC1. The molecule has 0 aliphatic heterocycles. The predicted octanol–water partition coefficient (Wildman–Crippen LogP) is 0.938. The maximum absolute atomic E-state index is 11.7. The Labute approximate surface area is 97.4 Å². The first-order valence-corrected chi connectivity index (χ1v) is 6.15. The molecule has 2 N–H and O–H groups in total. The molecule has 1 amide bonds. The Morgan fingerprint density at radius 1 is 1.38 bits per heavy atom. The minimum Gasteiger partial charge on any atom is -0.396 e. The van der Waals surface area contributed by atoms with Crippen LogP contribution in [0.2, 0.25) is 0 Å². The van der Waals surface area contributed by atoms with Crippen molar-refractivity contribution in [1.29, 1.82) is 0 Å². The van der Waals surface area contributed by atoms with Gasteiger partial charge in [0, 0.05) is 26.2 Å². The third-order valence-electron chi connectivity index (χ3n) is 3.36. The Morgan fingerprint density at radius 2 is 2.06 bits per heavy atom. The topological polar surface area (TPSA) is 58.6 Å². The number of rotatable bonds is 6. The lowest BCUT2D eigenvalue weighted by Gasteiger charge is -2.27. The zero-order valence-corrected chi connectivity index (χ0v) is 10.1. The highest BCUT2D eigenvalue weighted by Crippen LogP contribution is 2.30. The summed E-state index contributed by atoms with van der Waals surface area (Å²) in [6.07, 6.45) is 4.96. The second-order valence-corrected chi connectivity index (χ2v) is 4.51. The summed E-state index contributed by atoms with van der Waals surface area (Å²) in [7, 11) is 1.63. The van der Waals surface area contributed by atoms with E-state index in [4.69, 9.17) is 9.84 Å². The second kappa shape index (κ2) is 7.63. The number of aliphatic hydroxyl groups excluding tert-OH is 1. The molecule has 1 aliphatic carbocycles. The molecule has 0 aromatic carbocycles. The summed E-state index contributed by atoms with van der Waals surface area (Å²) in [4.78, 5) is 11.7. The lowest BCUT2D eigenvalue weighted by atomic mass is 9.80. The fraction of sp³-hybridized carbons (Fsp3) is 0.917. The summed E-state index contributed by atoms with van der Waals surface area (Å²) in [6.45, 7) is 1.45. The molecule has 94 valence electrons. The minimum atomic E-state index is 0.166. The van der Waals surface area contributed by atoms with Crippen molar-refractivity contribution >= 4 is 5.91 Å². The lowest BCUT2D eigenvalue weighted by molar-refractivity contribution is -0.126. The third kappa shape index (κ3) is 4.49. The van der Waals surface area contributed by atoms with Crippen LogP contribution in [0.4, 0.5) is 0 Å². The van der Waals surface area contributed by atoms with E-state index in [-0.39, 0.29) is 18.4 Å². The Hall–Kier alpha value is -0.610. The number of methoxy groups -OCH3 is 1. The van der Waals surface area contributed by atoms with Crippen LogP contribution in [0.25, 0.3) is 0 Å². The van der Waals surface area contributed by atoms with Gasteiger partial charge in [0.05, 0.1) is 6.61 Å². The van der Waals surface area contributed by atoms with Crippen LogP contribution in [-0.2, 0) is 9.53 Å². The van der Waals surface area contributed by atoms with Crippen molar-refractivity contribution in [3.63, 3.8) is 0 Å². The van der Waals surface area contributed by atoms with Crippen LogP contribution in [0.5, 0.6) is 0 Å². The summed E-state index contributed by atoms with van der Waals surface area (Å²) in [6, 6.07) is 0. The summed E-state index contributed by atoms with van der Waals surface area (Å²) in [5, 5.41) is 11.7. The zero-order valence-electron chi connectivity index (χ0n) is 10.1. The van der Waals surface area contributed by atoms with Crippen molar-refractivity contribution < 1.29 is 14.6 Å². The van der Waals surface area contributed by atoms with Gasteiger partial charge in [-0.15, -0.1) is 0 Å². The van der Waals surface area contributed by atoms with E-state index < -0.39 is 0 Å². The monoisotopic (exact) mass is 229 g/mol. The van der Waals surface area contributed by atoms with Gasteiger partial charge < -0.3 is 15.2 Å². The maximum Gasteiger partial charge on any atom is 0.223 e. The summed E-state index contributed by atoms with van der Waals surface area (Å²) in [5.41, 5.74) is 0. The number of hydrogen-bond donors (Lipinski definition) is 2. The van der Waals surface area contributed by atoms with Gasteiger partial charge >= 0.3 is 0 Å². The van der Waals surface area contributed by atoms with Gasteiger partial charge in [0.2, 0.25) is 5.91 Å². The smallest absolute Gasteiger partial charge is 0.223 e. The summed E-state index contributed by atoms with van der Waals surface area (Å²) in [5.74, 6) is 0.958. The van der Waals surface area contributed by atoms with E-state index in [2.05, 4.69) is 5.32 Å². The molecular weight excluding hydrogens is 206 g/mol. The maximum atomic E-state index is 11.7. The van der Waals surface area contributed by atoms with Crippen LogP contribution < -0.4 is 5.32 Å². The van der Waals surface area contributed by atoms with Gasteiger partial charge in [-0.25, -0.2) is 0 Å². The van der Waals surface area contributed by atoms with Crippen molar-refractivity contribution in [3.8, 4) is 0 Å². The van der Waals surface area contributed by atoms with Crippen LogP contribution in [0.3, 0.4) is 0 Å².